The molecule has 11 heteroatoms. The molecule has 0 bridgehead atoms. The van der Waals surface area contributed by atoms with E-state index in [4.69, 9.17) is 10.5 Å². The van der Waals surface area contributed by atoms with Crippen LogP contribution in [0.4, 0.5) is 5.69 Å². The summed E-state index contributed by atoms with van der Waals surface area (Å²) < 4.78 is 55.0. The van der Waals surface area contributed by atoms with Crippen molar-refractivity contribution in [2.45, 2.75) is 44.4 Å². The van der Waals surface area contributed by atoms with E-state index >= 15 is 0 Å². The number of rotatable bonds is 10. The number of nitrogens with one attached hydrogen (secondary N) is 1. The van der Waals surface area contributed by atoms with E-state index in [0.717, 1.165) is 12.3 Å². The van der Waals surface area contributed by atoms with Gasteiger partial charge in [-0.15, -0.1) is 0 Å². The molecule has 164 valence electrons. The molecule has 0 saturated heterocycles. The van der Waals surface area contributed by atoms with Crippen molar-refractivity contribution in [1.29, 1.82) is 10.5 Å². The molecule has 0 atom stereocenters. The summed E-state index contributed by atoms with van der Waals surface area (Å²) in [5.74, 6) is 0. The SMILES string of the molecule is CCN(CC)S(=O)(=O)c1cc(C)c(NC=C(C#N)C#N)c(S(=O)(=O)N(CC)CC)c1. The summed E-state index contributed by atoms with van der Waals surface area (Å²) in [7, 11) is -7.95. The maximum atomic E-state index is 13.3. The molecule has 0 aliphatic carbocycles. The van der Waals surface area contributed by atoms with E-state index in [-0.39, 0.29) is 47.2 Å². The van der Waals surface area contributed by atoms with Gasteiger partial charge < -0.3 is 5.32 Å². The van der Waals surface area contributed by atoms with Crippen LogP contribution in [-0.4, -0.2) is 51.6 Å². The van der Waals surface area contributed by atoms with Crippen LogP contribution in [0.25, 0.3) is 0 Å². The molecule has 1 aromatic rings. The standard InChI is InChI=1S/C19H27N5O4S2/c1-6-23(7-2)29(25,26)17-10-15(5)19(22-14-16(12-20)13-21)18(11-17)30(27,28)24(8-3)9-4/h10-11,14,22H,6-9H2,1-5H3. The van der Waals surface area contributed by atoms with Crippen molar-refractivity contribution in [2.75, 3.05) is 31.5 Å². The topological polar surface area (TPSA) is 134 Å². The van der Waals surface area contributed by atoms with E-state index in [0.29, 0.717) is 5.56 Å². The largest absolute Gasteiger partial charge is 0.359 e. The van der Waals surface area contributed by atoms with E-state index in [1.807, 2.05) is 0 Å². The number of aryl methyl sites for hydroxylation is 1. The molecule has 0 fully saturated rings. The van der Waals surface area contributed by atoms with Crippen LogP contribution >= 0.6 is 0 Å². The molecule has 0 aliphatic heterocycles. The molecular weight excluding hydrogens is 426 g/mol. The summed E-state index contributed by atoms with van der Waals surface area (Å²) in [4.78, 5) is -0.367. The van der Waals surface area contributed by atoms with Crippen LogP contribution in [-0.2, 0) is 20.0 Å². The fraction of sp³-hybridized carbons (Fsp3) is 0.474. The van der Waals surface area contributed by atoms with Gasteiger partial charge in [-0.05, 0) is 24.6 Å². The van der Waals surface area contributed by atoms with Crippen LogP contribution in [0.5, 0.6) is 0 Å². The summed E-state index contributed by atoms with van der Waals surface area (Å²) in [6.45, 7) is 9.21. The summed E-state index contributed by atoms with van der Waals surface area (Å²) in [5, 5.41) is 20.6. The van der Waals surface area contributed by atoms with E-state index in [1.165, 1.54) is 14.7 Å². The molecule has 0 amide bonds. The highest BCUT2D eigenvalue weighted by atomic mass is 32.2. The van der Waals surface area contributed by atoms with Crippen molar-refractivity contribution in [3.05, 3.63) is 29.5 Å². The van der Waals surface area contributed by atoms with Crippen molar-refractivity contribution in [3.8, 4) is 12.1 Å². The van der Waals surface area contributed by atoms with Gasteiger partial charge in [0.2, 0.25) is 20.0 Å². The molecule has 0 unspecified atom stereocenters. The minimum absolute atomic E-state index is 0.114. The zero-order valence-electron chi connectivity index (χ0n) is 17.8. The smallest absolute Gasteiger partial charge is 0.245 e. The second kappa shape index (κ2) is 10.5. The van der Waals surface area contributed by atoms with E-state index in [1.54, 1.807) is 46.8 Å². The van der Waals surface area contributed by atoms with Crippen molar-refractivity contribution in [1.82, 2.24) is 8.61 Å². The lowest BCUT2D eigenvalue weighted by molar-refractivity contribution is 0.443. The predicted molar refractivity (Wildman–Crippen MR) is 114 cm³/mol. The van der Waals surface area contributed by atoms with Crippen LogP contribution in [0.2, 0.25) is 0 Å². The van der Waals surface area contributed by atoms with Gasteiger partial charge in [-0.1, -0.05) is 27.7 Å². The van der Waals surface area contributed by atoms with Crippen LogP contribution in [0.1, 0.15) is 33.3 Å². The number of nitriles is 2. The Labute approximate surface area is 179 Å². The number of sulfonamides is 2. The molecule has 0 radical (unpaired) electrons. The molecule has 0 aliphatic rings. The van der Waals surface area contributed by atoms with Gasteiger partial charge in [-0.25, -0.2) is 16.8 Å². The number of nitrogens with zero attached hydrogens (tertiary/aromatic N) is 4. The first-order valence-electron chi connectivity index (χ1n) is 9.46. The zero-order chi connectivity index (χ0) is 23.1. The van der Waals surface area contributed by atoms with Gasteiger partial charge in [-0.3, -0.25) is 0 Å². The highest BCUT2D eigenvalue weighted by Crippen LogP contribution is 2.32. The molecule has 0 saturated carbocycles. The second-order valence-electron chi connectivity index (χ2n) is 6.22. The monoisotopic (exact) mass is 453 g/mol. The highest BCUT2D eigenvalue weighted by Gasteiger charge is 2.30. The summed E-state index contributed by atoms with van der Waals surface area (Å²) in [6, 6.07) is 5.88. The Morgan fingerprint density at radius 3 is 1.83 bits per heavy atom. The van der Waals surface area contributed by atoms with Crippen molar-refractivity contribution >= 4 is 25.7 Å². The quantitative estimate of drug-likeness (QED) is 0.537. The van der Waals surface area contributed by atoms with E-state index < -0.39 is 20.0 Å². The van der Waals surface area contributed by atoms with Gasteiger partial charge in [0.05, 0.1) is 10.6 Å². The number of hydrogen-bond acceptors (Lipinski definition) is 7. The molecule has 0 heterocycles. The van der Waals surface area contributed by atoms with Gasteiger partial charge in [0, 0.05) is 32.4 Å². The average molecular weight is 454 g/mol. The number of anilines is 1. The lowest BCUT2D eigenvalue weighted by Crippen LogP contribution is -2.33. The van der Waals surface area contributed by atoms with E-state index in [9.17, 15) is 16.8 Å². The van der Waals surface area contributed by atoms with Gasteiger partial charge in [0.25, 0.3) is 0 Å². The lowest BCUT2D eigenvalue weighted by Gasteiger charge is -2.24. The fourth-order valence-electron chi connectivity index (χ4n) is 2.91. The molecule has 1 rings (SSSR count). The summed E-state index contributed by atoms with van der Waals surface area (Å²) in [5.41, 5.74) is 0.212. The first-order valence-corrected chi connectivity index (χ1v) is 12.3. The lowest BCUT2D eigenvalue weighted by atomic mass is 10.2. The summed E-state index contributed by atoms with van der Waals surface area (Å²) >= 11 is 0. The molecule has 1 aromatic carbocycles. The molecule has 0 spiro atoms. The first kappa shape index (κ1) is 25.6. The van der Waals surface area contributed by atoms with Crippen LogP contribution in [0.15, 0.2) is 33.7 Å². The highest BCUT2D eigenvalue weighted by molar-refractivity contribution is 7.90. The second-order valence-corrected chi connectivity index (χ2v) is 10.1. The van der Waals surface area contributed by atoms with Gasteiger partial charge >= 0.3 is 0 Å². The first-order chi connectivity index (χ1) is 14.0. The molecule has 0 aromatic heterocycles. The minimum atomic E-state index is -4.04. The Morgan fingerprint density at radius 2 is 1.40 bits per heavy atom. The van der Waals surface area contributed by atoms with Crippen molar-refractivity contribution in [3.63, 3.8) is 0 Å². The molecule has 9 nitrogen and oxygen atoms in total. The predicted octanol–water partition coefficient (Wildman–Crippen LogP) is 2.40. The number of allylic oxidation sites excluding steroid dienone is 1. The third kappa shape index (κ3) is 5.18. The third-order valence-electron chi connectivity index (χ3n) is 4.54. The van der Waals surface area contributed by atoms with Crippen LogP contribution in [0.3, 0.4) is 0 Å². The van der Waals surface area contributed by atoms with Crippen molar-refractivity contribution < 1.29 is 16.8 Å². The third-order valence-corrected chi connectivity index (χ3v) is 8.64. The Kier molecular flexibility index (Phi) is 9.00. The Bertz CT molecular complexity index is 1070. The van der Waals surface area contributed by atoms with Gasteiger partial charge in [0.15, 0.2) is 0 Å². The van der Waals surface area contributed by atoms with E-state index in [2.05, 4.69) is 5.32 Å². The maximum absolute atomic E-state index is 13.3. The van der Waals surface area contributed by atoms with Gasteiger partial charge in [0.1, 0.15) is 22.6 Å². The van der Waals surface area contributed by atoms with Crippen LogP contribution in [0, 0.1) is 29.6 Å². The number of hydrogen-bond donors (Lipinski definition) is 1. The molecule has 1 N–H and O–H groups in total. The van der Waals surface area contributed by atoms with Crippen LogP contribution < -0.4 is 5.32 Å². The minimum Gasteiger partial charge on any atom is -0.359 e. The Balaban J connectivity index is 3.87. The van der Waals surface area contributed by atoms with Gasteiger partial charge in [-0.2, -0.15) is 19.1 Å². The molecule has 30 heavy (non-hydrogen) atoms. The number of benzene rings is 1. The fourth-order valence-corrected chi connectivity index (χ4v) is 6.27. The Morgan fingerprint density at radius 1 is 0.933 bits per heavy atom. The zero-order valence-corrected chi connectivity index (χ0v) is 19.4. The average Bonchev–Trinajstić information content (AvgIpc) is 2.70. The Hall–Kier alpha value is -2.44. The normalized spacial score (nSPS) is 11.8. The van der Waals surface area contributed by atoms with Crippen molar-refractivity contribution in [2.24, 2.45) is 0 Å². The molecular formula is C19H27N5O4S2. The maximum Gasteiger partial charge on any atom is 0.245 e. The summed E-state index contributed by atoms with van der Waals surface area (Å²) in [6.07, 6.45) is 1.10.